The van der Waals surface area contributed by atoms with Crippen molar-refractivity contribution >= 4 is 17.7 Å². The Kier molecular flexibility index (Phi) is 6.42. The van der Waals surface area contributed by atoms with Crippen molar-refractivity contribution in [1.29, 1.82) is 5.26 Å². The third-order valence-corrected chi connectivity index (χ3v) is 3.29. The van der Waals surface area contributed by atoms with Gasteiger partial charge in [-0.15, -0.1) is 0 Å². The van der Waals surface area contributed by atoms with E-state index in [1.165, 1.54) is 7.11 Å². The van der Waals surface area contributed by atoms with Crippen LogP contribution in [0.3, 0.4) is 0 Å². The summed E-state index contributed by atoms with van der Waals surface area (Å²) in [5.41, 5.74) is -0.266. The van der Waals surface area contributed by atoms with Gasteiger partial charge in [0.15, 0.2) is 0 Å². The number of carbonyl (C=O) groups is 1. The summed E-state index contributed by atoms with van der Waals surface area (Å²) in [4.78, 5) is 11.0. The van der Waals surface area contributed by atoms with E-state index in [2.05, 4.69) is 10.8 Å². The Morgan fingerprint density at radius 1 is 1.60 bits per heavy atom. The van der Waals surface area contributed by atoms with Crippen LogP contribution in [-0.2, 0) is 9.53 Å². The van der Waals surface area contributed by atoms with Crippen molar-refractivity contribution in [3.05, 3.63) is 0 Å². The molecule has 0 aromatic heterocycles. The highest BCUT2D eigenvalue weighted by atomic mass is 32.2. The number of methoxy groups -OCH3 is 1. The van der Waals surface area contributed by atoms with Crippen LogP contribution in [0, 0.1) is 16.7 Å². The molecule has 0 rings (SSSR count). The minimum absolute atomic E-state index is 0.172. The van der Waals surface area contributed by atoms with E-state index in [1.807, 2.05) is 20.8 Å². The first-order valence-electron chi connectivity index (χ1n) is 5.01. The van der Waals surface area contributed by atoms with Gasteiger partial charge in [-0.2, -0.15) is 17.0 Å². The van der Waals surface area contributed by atoms with Crippen LogP contribution >= 0.6 is 11.8 Å². The lowest BCUT2D eigenvalue weighted by atomic mass is 9.93. The summed E-state index contributed by atoms with van der Waals surface area (Å²) in [7, 11) is 1.40. The van der Waals surface area contributed by atoms with E-state index in [1.54, 1.807) is 11.8 Å². The lowest BCUT2D eigenvalue weighted by Crippen LogP contribution is -2.12. The fourth-order valence-corrected chi connectivity index (χ4v) is 2.23. The van der Waals surface area contributed by atoms with Crippen molar-refractivity contribution in [2.24, 2.45) is 5.41 Å². The van der Waals surface area contributed by atoms with Gasteiger partial charge in [0.25, 0.3) is 0 Å². The molecule has 0 bridgehead atoms. The van der Waals surface area contributed by atoms with E-state index in [0.29, 0.717) is 6.42 Å². The zero-order chi connectivity index (χ0) is 11.9. The maximum atomic E-state index is 11.0. The highest BCUT2D eigenvalue weighted by Gasteiger charge is 2.17. The smallest absolute Gasteiger partial charge is 0.306 e. The minimum Gasteiger partial charge on any atom is -0.469 e. The number of ether oxygens (including phenoxy) is 1. The Bertz CT molecular complexity index is 245. The Labute approximate surface area is 96.2 Å². The van der Waals surface area contributed by atoms with E-state index < -0.39 is 0 Å². The number of nitrogens with zero attached hydrogens (tertiary/aromatic N) is 1. The van der Waals surface area contributed by atoms with Gasteiger partial charge in [-0.1, -0.05) is 6.92 Å². The summed E-state index contributed by atoms with van der Waals surface area (Å²) in [5.74, 6) is 0.730. The fraction of sp³-hybridized carbons (Fsp3) is 0.818. The standard InChI is InChI=1S/C11H19NO2S/c1-9(7-10(13)14-4)15-6-5-11(2,3)8-12/h9H,5-7H2,1-4H3. The van der Waals surface area contributed by atoms with Crippen LogP contribution in [0.25, 0.3) is 0 Å². The van der Waals surface area contributed by atoms with E-state index in [-0.39, 0.29) is 16.6 Å². The summed E-state index contributed by atoms with van der Waals surface area (Å²) in [6.45, 7) is 5.86. The molecule has 0 aliphatic rings. The van der Waals surface area contributed by atoms with Crippen molar-refractivity contribution in [3.63, 3.8) is 0 Å². The quantitative estimate of drug-likeness (QED) is 0.657. The normalized spacial score (nSPS) is 13.0. The van der Waals surface area contributed by atoms with Gasteiger partial charge in [0, 0.05) is 5.25 Å². The second-order valence-corrected chi connectivity index (χ2v) is 5.75. The third-order valence-electron chi connectivity index (χ3n) is 2.11. The van der Waals surface area contributed by atoms with E-state index in [9.17, 15) is 4.79 Å². The average Bonchev–Trinajstić information content (AvgIpc) is 2.17. The first kappa shape index (κ1) is 14.3. The molecule has 0 radical (unpaired) electrons. The molecular weight excluding hydrogens is 210 g/mol. The molecule has 0 aromatic carbocycles. The predicted molar refractivity (Wildman–Crippen MR) is 62.6 cm³/mol. The molecule has 4 heteroatoms. The molecule has 0 saturated heterocycles. The molecule has 0 spiro atoms. The third kappa shape index (κ3) is 7.26. The van der Waals surface area contributed by atoms with Gasteiger partial charge in [-0.05, 0) is 26.0 Å². The molecule has 0 aromatic rings. The largest absolute Gasteiger partial charge is 0.469 e. The highest BCUT2D eigenvalue weighted by molar-refractivity contribution is 7.99. The average molecular weight is 229 g/mol. The molecule has 0 N–H and O–H groups in total. The van der Waals surface area contributed by atoms with Gasteiger partial charge in [-0.25, -0.2) is 0 Å². The lowest BCUT2D eigenvalue weighted by Gasteiger charge is -2.16. The number of rotatable bonds is 6. The molecule has 15 heavy (non-hydrogen) atoms. The number of hydrogen-bond donors (Lipinski definition) is 0. The molecule has 0 aliphatic carbocycles. The highest BCUT2D eigenvalue weighted by Crippen LogP contribution is 2.24. The van der Waals surface area contributed by atoms with Gasteiger partial charge in [0.1, 0.15) is 0 Å². The van der Waals surface area contributed by atoms with Gasteiger partial charge >= 0.3 is 5.97 Å². The molecular formula is C11H19NO2S. The summed E-state index contributed by atoms with van der Waals surface area (Å²) >= 11 is 1.71. The van der Waals surface area contributed by atoms with Crippen LogP contribution in [0.5, 0.6) is 0 Å². The van der Waals surface area contributed by atoms with Crippen molar-refractivity contribution in [2.45, 2.75) is 38.9 Å². The Balaban J connectivity index is 3.69. The van der Waals surface area contributed by atoms with Crippen molar-refractivity contribution in [3.8, 4) is 6.07 Å². The SMILES string of the molecule is COC(=O)CC(C)SCCC(C)(C)C#N. The van der Waals surface area contributed by atoms with Crippen LogP contribution < -0.4 is 0 Å². The maximum absolute atomic E-state index is 11.0. The van der Waals surface area contributed by atoms with Crippen LogP contribution in [0.1, 0.15) is 33.6 Å². The van der Waals surface area contributed by atoms with Gasteiger partial charge in [-0.3, -0.25) is 4.79 Å². The van der Waals surface area contributed by atoms with Crippen LogP contribution in [-0.4, -0.2) is 24.1 Å². The molecule has 1 atom stereocenters. The van der Waals surface area contributed by atoms with Crippen LogP contribution in [0.4, 0.5) is 0 Å². The van der Waals surface area contributed by atoms with E-state index in [0.717, 1.165) is 12.2 Å². The van der Waals surface area contributed by atoms with E-state index in [4.69, 9.17) is 5.26 Å². The molecule has 0 aliphatic heterocycles. The number of carbonyl (C=O) groups excluding carboxylic acids is 1. The maximum Gasteiger partial charge on any atom is 0.306 e. The molecule has 3 nitrogen and oxygen atoms in total. The second kappa shape index (κ2) is 6.73. The Morgan fingerprint density at radius 2 is 2.20 bits per heavy atom. The summed E-state index contributed by atoms with van der Waals surface area (Å²) < 4.78 is 4.58. The first-order valence-corrected chi connectivity index (χ1v) is 6.06. The summed E-state index contributed by atoms with van der Waals surface area (Å²) in [6.07, 6.45) is 1.29. The fourth-order valence-electron chi connectivity index (χ4n) is 0.948. The number of esters is 1. The number of hydrogen-bond acceptors (Lipinski definition) is 4. The number of thioether (sulfide) groups is 1. The monoisotopic (exact) mass is 229 g/mol. The van der Waals surface area contributed by atoms with Crippen molar-refractivity contribution in [2.75, 3.05) is 12.9 Å². The van der Waals surface area contributed by atoms with Crippen molar-refractivity contribution < 1.29 is 9.53 Å². The van der Waals surface area contributed by atoms with Crippen LogP contribution in [0.2, 0.25) is 0 Å². The van der Waals surface area contributed by atoms with E-state index >= 15 is 0 Å². The molecule has 86 valence electrons. The van der Waals surface area contributed by atoms with Gasteiger partial charge in [0.05, 0.1) is 25.0 Å². The molecule has 0 fully saturated rings. The molecule has 0 heterocycles. The zero-order valence-corrected chi connectivity index (χ0v) is 10.7. The molecule has 0 amide bonds. The zero-order valence-electron chi connectivity index (χ0n) is 9.87. The second-order valence-electron chi connectivity index (χ2n) is 4.21. The Morgan fingerprint density at radius 3 is 2.67 bits per heavy atom. The minimum atomic E-state index is -0.266. The summed E-state index contributed by atoms with van der Waals surface area (Å²) in [5, 5.41) is 9.07. The topological polar surface area (TPSA) is 50.1 Å². The Hall–Kier alpha value is -0.690. The first-order chi connectivity index (χ1) is 6.91. The molecule has 1 unspecified atom stereocenters. The summed E-state index contributed by atoms with van der Waals surface area (Å²) in [6, 6.07) is 2.26. The van der Waals surface area contributed by atoms with Crippen molar-refractivity contribution in [1.82, 2.24) is 0 Å². The lowest BCUT2D eigenvalue weighted by molar-refractivity contribution is -0.140. The molecule has 0 saturated carbocycles. The number of nitriles is 1. The predicted octanol–water partition coefficient (Wildman–Crippen LogP) is 2.61. The van der Waals surface area contributed by atoms with Gasteiger partial charge in [0.2, 0.25) is 0 Å². The van der Waals surface area contributed by atoms with Crippen LogP contribution in [0.15, 0.2) is 0 Å². The van der Waals surface area contributed by atoms with Gasteiger partial charge < -0.3 is 4.74 Å².